The number of benzene rings is 3. The molecule has 1 N–H and O–H groups in total. The quantitative estimate of drug-likeness (QED) is 0.416. The largest absolute Gasteiger partial charge is 0.497 e. The minimum atomic E-state index is -4.05. The van der Waals surface area contributed by atoms with E-state index in [1.807, 2.05) is 6.92 Å². The van der Waals surface area contributed by atoms with Gasteiger partial charge < -0.3 is 4.74 Å². The Labute approximate surface area is 186 Å². The van der Waals surface area contributed by atoms with E-state index in [0.717, 1.165) is 16.1 Å². The van der Waals surface area contributed by atoms with Crippen LogP contribution in [-0.4, -0.2) is 34.2 Å². The second-order valence-corrected chi connectivity index (χ2v) is 8.70. The summed E-state index contributed by atoms with van der Waals surface area (Å²) < 4.78 is 46.4. The van der Waals surface area contributed by atoms with Crippen molar-refractivity contribution in [2.75, 3.05) is 18.0 Å². The van der Waals surface area contributed by atoms with Gasteiger partial charge in [0.1, 0.15) is 18.1 Å². The smallest absolute Gasteiger partial charge is 0.264 e. The predicted octanol–water partition coefficient (Wildman–Crippen LogP) is 3.49. The third-order valence-corrected chi connectivity index (χ3v) is 6.34. The van der Waals surface area contributed by atoms with E-state index in [0.29, 0.717) is 5.75 Å². The number of carbonyl (C=O) groups excluding carboxylic acids is 1. The number of sulfonamides is 1. The molecule has 0 atom stereocenters. The molecule has 3 aromatic carbocycles. The number of hydrazone groups is 1. The molecule has 1 amide bonds. The van der Waals surface area contributed by atoms with Crippen LogP contribution in [0.3, 0.4) is 0 Å². The number of anilines is 1. The summed E-state index contributed by atoms with van der Waals surface area (Å²) in [6, 6.07) is 18.5. The van der Waals surface area contributed by atoms with Crippen molar-refractivity contribution >= 4 is 27.8 Å². The first kappa shape index (κ1) is 23.0. The van der Waals surface area contributed by atoms with Crippen LogP contribution in [0.4, 0.5) is 10.1 Å². The summed E-state index contributed by atoms with van der Waals surface area (Å²) in [4.78, 5) is 12.6. The zero-order valence-corrected chi connectivity index (χ0v) is 18.3. The van der Waals surface area contributed by atoms with Crippen LogP contribution < -0.4 is 14.5 Å². The minimum Gasteiger partial charge on any atom is -0.497 e. The third kappa shape index (κ3) is 5.50. The van der Waals surface area contributed by atoms with Gasteiger partial charge in [0.15, 0.2) is 0 Å². The fraction of sp³-hybridized carbons (Fsp3) is 0.130. The van der Waals surface area contributed by atoms with Crippen LogP contribution in [0.15, 0.2) is 82.8 Å². The molecule has 0 heterocycles. The van der Waals surface area contributed by atoms with Crippen LogP contribution >= 0.6 is 0 Å². The fourth-order valence-electron chi connectivity index (χ4n) is 2.82. The van der Waals surface area contributed by atoms with Crippen molar-refractivity contribution in [3.8, 4) is 5.75 Å². The molecule has 3 aromatic rings. The summed E-state index contributed by atoms with van der Waals surface area (Å²) in [7, 11) is -2.55. The van der Waals surface area contributed by atoms with Crippen molar-refractivity contribution in [2.24, 2.45) is 5.10 Å². The second-order valence-electron chi connectivity index (χ2n) is 6.84. The highest BCUT2D eigenvalue weighted by molar-refractivity contribution is 7.92. The van der Waals surface area contributed by atoms with Gasteiger partial charge in [-0.3, -0.25) is 9.10 Å². The normalized spacial score (nSPS) is 11.3. The molecule has 0 spiro atoms. The first-order valence-electron chi connectivity index (χ1n) is 9.61. The van der Waals surface area contributed by atoms with Gasteiger partial charge in [0, 0.05) is 5.56 Å². The van der Waals surface area contributed by atoms with Crippen LogP contribution in [0.1, 0.15) is 11.1 Å². The molecular formula is C23H22FN3O4S. The standard InChI is InChI=1S/C23H22FN3O4S/c1-17-7-13-21(14-8-17)32(29,30)27(19-9-11-20(31-2)12-10-19)16-23(28)26-25-15-18-5-3-4-6-22(18)24/h3-15H,16H2,1-2H3,(H,26,28)/b25-15-. The number of hydrogen-bond acceptors (Lipinski definition) is 5. The average Bonchev–Trinajstić information content (AvgIpc) is 2.79. The predicted molar refractivity (Wildman–Crippen MR) is 121 cm³/mol. The second kappa shape index (κ2) is 10.1. The van der Waals surface area contributed by atoms with E-state index in [-0.39, 0.29) is 16.1 Å². The summed E-state index contributed by atoms with van der Waals surface area (Å²) in [5.74, 6) is -0.642. The lowest BCUT2D eigenvalue weighted by molar-refractivity contribution is -0.119. The molecule has 3 rings (SSSR count). The zero-order valence-electron chi connectivity index (χ0n) is 17.5. The van der Waals surface area contributed by atoms with Gasteiger partial charge >= 0.3 is 0 Å². The van der Waals surface area contributed by atoms with E-state index in [1.165, 1.54) is 37.4 Å². The lowest BCUT2D eigenvalue weighted by atomic mass is 10.2. The molecule has 0 aliphatic heterocycles. The van der Waals surface area contributed by atoms with Gasteiger partial charge in [0.05, 0.1) is 23.9 Å². The Kier molecular flexibility index (Phi) is 7.21. The maximum absolute atomic E-state index is 13.7. The Hall–Kier alpha value is -3.72. The molecular weight excluding hydrogens is 433 g/mol. The summed E-state index contributed by atoms with van der Waals surface area (Å²) in [5, 5.41) is 3.74. The molecule has 9 heteroatoms. The molecule has 0 bridgehead atoms. The molecule has 0 unspecified atom stereocenters. The van der Waals surface area contributed by atoms with Crippen molar-refractivity contribution in [3.05, 3.63) is 89.7 Å². The number of carbonyl (C=O) groups is 1. The van der Waals surface area contributed by atoms with Crippen molar-refractivity contribution < 1.29 is 22.3 Å². The Balaban J connectivity index is 1.85. The number of methoxy groups -OCH3 is 1. The number of nitrogens with one attached hydrogen (secondary N) is 1. The molecule has 0 radical (unpaired) electrons. The maximum Gasteiger partial charge on any atom is 0.264 e. The number of halogens is 1. The van der Waals surface area contributed by atoms with E-state index in [9.17, 15) is 17.6 Å². The molecule has 0 aliphatic rings. The summed E-state index contributed by atoms with van der Waals surface area (Å²) in [6.45, 7) is 1.32. The number of aryl methyl sites for hydroxylation is 1. The Bertz CT molecular complexity index is 1210. The SMILES string of the molecule is COc1ccc(N(CC(=O)N/N=C\c2ccccc2F)S(=O)(=O)c2ccc(C)cc2)cc1. The molecule has 0 saturated heterocycles. The van der Waals surface area contributed by atoms with Gasteiger partial charge in [-0.15, -0.1) is 0 Å². The zero-order chi connectivity index (χ0) is 23.1. The van der Waals surface area contributed by atoms with Crippen molar-refractivity contribution in [3.63, 3.8) is 0 Å². The molecule has 0 aliphatic carbocycles. The van der Waals surface area contributed by atoms with Crippen LogP contribution in [0.2, 0.25) is 0 Å². The first-order chi connectivity index (χ1) is 15.3. The fourth-order valence-corrected chi connectivity index (χ4v) is 4.24. The van der Waals surface area contributed by atoms with Crippen LogP contribution in [0.5, 0.6) is 5.75 Å². The number of hydrogen-bond donors (Lipinski definition) is 1. The topological polar surface area (TPSA) is 88.1 Å². The highest BCUT2D eigenvalue weighted by Gasteiger charge is 2.27. The number of ether oxygens (including phenoxy) is 1. The van der Waals surface area contributed by atoms with Gasteiger partial charge in [-0.05, 0) is 49.4 Å². The van der Waals surface area contributed by atoms with E-state index in [1.54, 1.807) is 42.5 Å². The lowest BCUT2D eigenvalue weighted by Gasteiger charge is -2.24. The lowest BCUT2D eigenvalue weighted by Crippen LogP contribution is -2.39. The summed E-state index contributed by atoms with van der Waals surface area (Å²) in [5.41, 5.74) is 3.61. The van der Waals surface area contributed by atoms with E-state index in [4.69, 9.17) is 4.74 Å². The van der Waals surface area contributed by atoms with Crippen molar-refractivity contribution in [1.29, 1.82) is 0 Å². The molecule has 0 fully saturated rings. The van der Waals surface area contributed by atoms with Gasteiger partial charge in [-0.2, -0.15) is 5.10 Å². The summed E-state index contributed by atoms with van der Waals surface area (Å²) >= 11 is 0. The Morgan fingerprint density at radius 2 is 1.72 bits per heavy atom. The minimum absolute atomic E-state index is 0.0431. The molecule has 166 valence electrons. The van der Waals surface area contributed by atoms with E-state index < -0.39 is 28.3 Å². The average molecular weight is 456 g/mol. The first-order valence-corrected chi connectivity index (χ1v) is 11.0. The van der Waals surface area contributed by atoms with Gasteiger partial charge in [-0.25, -0.2) is 18.2 Å². The molecule has 7 nitrogen and oxygen atoms in total. The Morgan fingerprint density at radius 1 is 1.06 bits per heavy atom. The van der Waals surface area contributed by atoms with Gasteiger partial charge in [-0.1, -0.05) is 35.9 Å². The highest BCUT2D eigenvalue weighted by atomic mass is 32.2. The number of rotatable bonds is 8. The third-order valence-electron chi connectivity index (χ3n) is 4.55. The van der Waals surface area contributed by atoms with Crippen molar-refractivity contribution in [1.82, 2.24) is 5.43 Å². The monoisotopic (exact) mass is 455 g/mol. The Morgan fingerprint density at radius 3 is 2.34 bits per heavy atom. The van der Waals surface area contributed by atoms with Gasteiger partial charge in [0.25, 0.3) is 15.9 Å². The number of nitrogens with zero attached hydrogens (tertiary/aromatic N) is 2. The molecule has 32 heavy (non-hydrogen) atoms. The number of amides is 1. The van der Waals surface area contributed by atoms with Crippen molar-refractivity contribution in [2.45, 2.75) is 11.8 Å². The van der Waals surface area contributed by atoms with Gasteiger partial charge in [0.2, 0.25) is 0 Å². The van der Waals surface area contributed by atoms with E-state index >= 15 is 0 Å². The summed E-state index contributed by atoms with van der Waals surface area (Å²) in [6.07, 6.45) is 1.15. The maximum atomic E-state index is 13.7. The van der Waals surface area contributed by atoms with Crippen LogP contribution in [0, 0.1) is 12.7 Å². The highest BCUT2D eigenvalue weighted by Crippen LogP contribution is 2.26. The molecule has 0 aromatic heterocycles. The molecule has 0 saturated carbocycles. The van der Waals surface area contributed by atoms with E-state index in [2.05, 4.69) is 10.5 Å². The van der Waals surface area contributed by atoms with Crippen LogP contribution in [-0.2, 0) is 14.8 Å². The van der Waals surface area contributed by atoms with Crippen LogP contribution in [0.25, 0.3) is 0 Å².